The highest BCUT2D eigenvalue weighted by Gasteiger charge is 2.85. The van der Waals surface area contributed by atoms with Gasteiger partial charge in [-0.25, -0.2) is 8.78 Å². The molecule has 2 amide bonds. The smallest absolute Gasteiger partial charge is 0.251 e. The highest BCUT2D eigenvalue weighted by atomic mass is 19.3. The van der Waals surface area contributed by atoms with Crippen LogP contribution < -0.4 is 5.32 Å². The third-order valence-electron chi connectivity index (χ3n) is 16.2. The molecule has 4 saturated carbocycles. The fraction of sp³-hybridized carbons (Fsp3) is 0.870. The van der Waals surface area contributed by atoms with Gasteiger partial charge in [0, 0.05) is 49.6 Å². The van der Waals surface area contributed by atoms with Crippen LogP contribution in [0.15, 0.2) is 0 Å². The van der Waals surface area contributed by atoms with Crippen molar-refractivity contribution in [3.8, 4) is 0 Å². The van der Waals surface area contributed by atoms with E-state index in [9.17, 15) is 32.8 Å². The summed E-state index contributed by atoms with van der Waals surface area (Å²) in [4.78, 5) is 88.1. The maximum absolute atomic E-state index is 15.2. The van der Waals surface area contributed by atoms with Crippen LogP contribution >= 0.6 is 0 Å². The Morgan fingerprint density at radius 2 is 1.54 bits per heavy atom. The van der Waals surface area contributed by atoms with Crippen molar-refractivity contribution >= 4 is 34.9 Å². The molecule has 11 heteroatoms. The molecular formula is C46H71F2N3O6. The van der Waals surface area contributed by atoms with Gasteiger partial charge >= 0.3 is 0 Å². The van der Waals surface area contributed by atoms with Crippen LogP contribution in [-0.4, -0.2) is 89.4 Å². The second kappa shape index (κ2) is 17.2. The molecule has 6 fully saturated rings. The van der Waals surface area contributed by atoms with Crippen LogP contribution in [0.4, 0.5) is 8.78 Å². The number of Topliss-reactive ketones (excluding diaryl/α,β-unsaturated/α-hetero) is 4. The van der Waals surface area contributed by atoms with Gasteiger partial charge in [0.05, 0.1) is 24.5 Å². The van der Waals surface area contributed by atoms with Crippen molar-refractivity contribution in [2.75, 3.05) is 26.2 Å². The molecule has 2 aliphatic heterocycles. The van der Waals surface area contributed by atoms with E-state index in [2.05, 4.69) is 19.2 Å². The van der Waals surface area contributed by atoms with Crippen LogP contribution in [0.2, 0.25) is 0 Å². The van der Waals surface area contributed by atoms with Crippen LogP contribution in [0.25, 0.3) is 0 Å². The summed E-state index contributed by atoms with van der Waals surface area (Å²) in [5, 5.41) is 3.11. The van der Waals surface area contributed by atoms with Gasteiger partial charge in [-0.15, -0.1) is 0 Å². The van der Waals surface area contributed by atoms with E-state index in [0.29, 0.717) is 45.2 Å². The molecule has 1 N–H and O–H groups in total. The minimum atomic E-state index is -2.48. The molecule has 6 rings (SSSR count). The van der Waals surface area contributed by atoms with E-state index in [1.165, 1.54) is 0 Å². The van der Waals surface area contributed by atoms with Crippen LogP contribution in [0.5, 0.6) is 0 Å². The van der Waals surface area contributed by atoms with E-state index in [-0.39, 0.29) is 89.6 Å². The molecule has 2 spiro atoms. The lowest BCUT2D eigenvalue weighted by atomic mass is 9.73. The number of hydrogen-bond donors (Lipinski definition) is 1. The third kappa shape index (κ3) is 8.85. The lowest BCUT2D eigenvalue weighted by Crippen LogP contribution is -2.53. The molecule has 4 aliphatic carbocycles. The highest BCUT2D eigenvalue weighted by molar-refractivity contribution is 6.38. The van der Waals surface area contributed by atoms with Gasteiger partial charge in [0.2, 0.25) is 17.6 Å². The Morgan fingerprint density at radius 3 is 2.11 bits per heavy atom. The summed E-state index contributed by atoms with van der Waals surface area (Å²) in [6.45, 7) is 13.1. The molecule has 2 heterocycles. The fourth-order valence-corrected chi connectivity index (χ4v) is 12.2. The molecule has 0 aromatic heterocycles. The number of ketones is 4. The van der Waals surface area contributed by atoms with Crippen LogP contribution in [-0.2, 0) is 28.8 Å². The SMILES string of the molecule is CCCC(CC(=O)[C@@H]1C[C@@]2(CN1C(=O)[C@@H](CC(=O)[C@@H](NC(=O)[C@@H]1CCCN(CC(F)F)C1)C1CCCCC1)C(C)(C)C)C(C)(C)C21CCC1)C(=O)C(=O)CC1CC1. The summed E-state index contributed by atoms with van der Waals surface area (Å²) in [6, 6.07) is -1.52. The Morgan fingerprint density at radius 1 is 0.860 bits per heavy atom. The largest absolute Gasteiger partial charge is 0.346 e. The molecule has 9 nitrogen and oxygen atoms in total. The number of halogens is 2. The Bertz CT molecular complexity index is 1540. The van der Waals surface area contributed by atoms with Crippen LogP contribution in [0.3, 0.4) is 0 Å². The van der Waals surface area contributed by atoms with Gasteiger partial charge in [0.25, 0.3) is 6.43 Å². The summed E-state index contributed by atoms with van der Waals surface area (Å²) < 4.78 is 26.5. The molecular weight excluding hydrogens is 729 g/mol. The number of fused-ring (bicyclic) bond motifs is 1. The average molecular weight is 800 g/mol. The number of likely N-dealkylation sites (tertiary alicyclic amines) is 2. The number of nitrogens with zero attached hydrogens (tertiary/aromatic N) is 2. The maximum atomic E-state index is 15.2. The quantitative estimate of drug-likeness (QED) is 0.141. The lowest BCUT2D eigenvalue weighted by Gasteiger charge is -2.38. The summed E-state index contributed by atoms with van der Waals surface area (Å²) in [7, 11) is 0. The van der Waals surface area contributed by atoms with E-state index in [4.69, 9.17) is 0 Å². The van der Waals surface area contributed by atoms with E-state index in [1.807, 2.05) is 27.7 Å². The van der Waals surface area contributed by atoms with E-state index >= 15 is 4.79 Å². The number of nitrogens with one attached hydrogen (secondary N) is 1. The van der Waals surface area contributed by atoms with E-state index < -0.39 is 47.5 Å². The minimum absolute atomic E-state index is 0.0554. The Labute approximate surface area is 339 Å². The molecule has 0 aromatic carbocycles. The van der Waals surface area contributed by atoms with Gasteiger partial charge in [-0.2, -0.15) is 0 Å². The zero-order valence-electron chi connectivity index (χ0n) is 35.8. The molecule has 0 radical (unpaired) electrons. The molecule has 6 aliphatic rings. The third-order valence-corrected chi connectivity index (χ3v) is 16.2. The number of carbonyl (C=O) groups is 6. The number of rotatable bonds is 18. The maximum Gasteiger partial charge on any atom is 0.251 e. The summed E-state index contributed by atoms with van der Waals surface area (Å²) in [6.07, 6.45) is 10.1. The Hall–Kier alpha value is -2.56. The van der Waals surface area contributed by atoms with Crippen LogP contribution in [0.1, 0.15) is 157 Å². The van der Waals surface area contributed by atoms with Gasteiger partial charge in [-0.05, 0) is 98.8 Å². The van der Waals surface area contributed by atoms with Gasteiger partial charge in [0.1, 0.15) is 0 Å². The first-order valence-electron chi connectivity index (χ1n) is 22.6. The van der Waals surface area contributed by atoms with Crippen LogP contribution in [0, 0.1) is 51.2 Å². The second-order valence-electron chi connectivity index (χ2n) is 20.9. The number of piperidine rings is 1. The fourth-order valence-electron chi connectivity index (χ4n) is 12.2. The number of hydrogen-bond acceptors (Lipinski definition) is 7. The number of carbonyl (C=O) groups excluding carboxylic acids is 6. The summed E-state index contributed by atoms with van der Waals surface area (Å²) in [5.74, 6) is -3.43. The predicted octanol–water partition coefficient (Wildman–Crippen LogP) is 7.76. The molecule has 320 valence electrons. The molecule has 0 aromatic rings. The van der Waals surface area contributed by atoms with Gasteiger partial charge in [0.15, 0.2) is 17.3 Å². The average Bonchev–Trinajstić information content (AvgIpc) is 3.96. The predicted molar refractivity (Wildman–Crippen MR) is 214 cm³/mol. The monoisotopic (exact) mass is 800 g/mol. The lowest BCUT2D eigenvalue weighted by molar-refractivity contribution is -0.147. The first-order valence-corrected chi connectivity index (χ1v) is 22.6. The molecule has 0 bridgehead atoms. The summed E-state index contributed by atoms with van der Waals surface area (Å²) in [5.41, 5.74) is -0.902. The minimum Gasteiger partial charge on any atom is -0.346 e. The number of amides is 2. The van der Waals surface area contributed by atoms with Gasteiger partial charge in [-0.3, -0.25) is 33.7 Å². The number of alkyl halides is 2. The van der Waals surface area contributed by atoms with Crippen molar-refractivity contribution in [1.29, 1.82) is 0 Å². The molecule has 6 atom stereocenters. The summed E-state index contributed by atoms with van der Waals surface area (Å²) >= 11 is 0. The first kappa shape index (κ1) is 44.0. The second-order valence-corrected chi connectivity index (χ2v) is 20.9. The van der Waals surface area contributed by atoms with E-state index in [0.717, 1.165) is 64.2 Å². The normalized spacial score (nSPS) is 28.8. The van der Waals surface area contributed by atoms with Crippen molar-refractivity contribution in [3.05, 3.63) is 0 Å². The van der Waals surface area contributed by atoms with Crippen molar-refractivity contribution in [1.82, 2.24) is 15.1 Å². The Balaban J connectivity index is 1.24. The van der Waals surface area contributed by atoms with Crippen molar-refractivity contribution < 1.29 is 37.5 Å². The zero-order chi connectivity index (χ0) is 41.5. The van der Waals surface area contributed by atoms with Crippen molar-refractivity contribution in [3.63, 3.8) is 0 Å². The van der Waals surface area contributed by atoms with Crippen molar-refractivity contribution in [2.24, 2.45) is 51.2 Å². The molecule has 1 unspecified atom stereocenters. The molecule has 2 saturated heterocycles. The highest BCUT2D eigenvalue weighted by Crippen LogP contribution is 2.88. The standard InChI is InChI=1S/C46H71F2N3O6/c1-7-13-31(40(55)37(54)22-29-17-18-29)23-35(52)34-25-46(44(5,6)45(46)19-12-20-45)28-51(34)42(57)33(43(2,3)4)24-36(53)39(30-14-9-8-10-15-30)49-41(56)32-16-11-21-50(26-32)27-38(47)48/h29-34,38-39H,7-28H2,1-6H3,(H,49,56)/t31?,32-,33-,34+,39+,46-/m1/s1. The molecule has 57 heavy (non-hydrogen) atoms. The van der Waals surface area contributed by atoms with Gasteiger partial charge < -0.3 is 10.2 Å². The van der Waals surface area contributed by atoms with Gasteiger partial charge in [-0.1, -0.05) is 73.6 Å². The Kier molecular flexibility index (Phi) is 13.3. The van der Waals surface area contributed by atoms with Crippen molar-refractivity contribution in [2.45, 2.75) is 176 Å². The topological polar surface area (TPSA) is 121 Å². The first-order chi connectivity index (χ1) is 26.9. The zero-order valence-corrected chi connectivity index (χ0v) is 35.8. The van der Waals surface area contributed by atoms with E-state index in [1.54, 1.807) is 9.80 Å².